The lowest BCUT2D eigenvalue weighted by molar-refractivity contribution is -0.192. The highest BCUT2D eigenvalue weighted by molar-refractivity contribution is 5.97. The highest BCUT2D eigenvalue weighted by atomic mass is 19.4. The average molecular weight is 576 g/mol. The third-order valence-corrected chi connectivity index (χ3v) is 5.43. The number of carbonyl (C=O) groups is 3. The maximum Gasteiger partial charge on any atom is 0.490 e. The Bertz CT molecular complexity index is 1200. The van der Waals surface area contributed by atoms with E-state index in [1.807, 2.05) is 6.07 Å². The fraction of sp³-hybridized carbons (Fsp3) is 0.462. The van der Waals surface area contributed by atoms with Gasteiger partial charge in [0.05, 0.1) is 17.4 Å². The Morgan fingerprint density at radius 2 is 1.77 bits per heavy atom. The van der Waals surface area contributed by atoms with Crippen molar-refractivity contribution in [1.82, 2.24) is 10.3 Å². The number of aromatic nitrogens is 1. The molecule has 0 saturated carbocycles. The number of hydrogen-bond acceptors (Lipinski definition) is 6. The fourth-order valence-corrected chi connectivity index (χ4v) is 3.62. The molecule has 9 nitrogen and oxygen atoms in total. The van der Waals surface area contributed by atoms with Crippen molar-refractivity contribution < 1.29 is 50.9 Å². The van der Waals surface area contributed by atoms with Gasteiger partial charge in [-0.15, -0.1) is 0 Å². The molecule has 3 rings (SSSR count). The summed E-state index contributed by atoms with van der Waals surface area (Å²) in [6.07, 6.45) is -2.23. The first-order valence-corrected chi connectivity index (χ1v) is 12.1. The molecule has 0 aliphatic carbocycles. The standard InChI is InChI=1S/C24H29F2N3O4.C2HF3O2/c1-14-6-5-7-18(29-23(31)33-24(2,3)4)20-12-15(10-11-27-20)17-9-8-16(32-22(25)26)13-19(17)28-21(14)30;3-2(4,5)1(6)7/h8-14,18,22H,5-7H2,1-4H3,(H,28,30)(H,29,31);(H,6,7)/t14-,18+;/m1./s1. The zero-order valence-electron chi connectivity index (χ0n) is 22.1. The number of nitrogens with zero attached hydrogens (tertiary/aromatic N) is 1. The van der Waals surface area contributed by atoms with Gasteiger partial charge in [0.2, 0.25) is 5.91 Å². The van der Waals surface area contributed by atoms with E-state index in [2.05, 4.69) is 20.4 Å². The Labute approximate surface area is 227 Å². The maximum absolute atomic E-state index is 12.8. The first kappa shape index (κ1) is 32.2. The van der Waals surface area contributed by atoms with Crippen LogP contribution in [0.3, 0.4) is 0 Å². The molecule has 2 atom stereocenters. The second-order valence-electron chi connectivity index (χ2n) is 9.88. The normalized spacial score (nSPS) is 17.6. The number of hydrogen-bond donors (Lipinski definition) is 3. The first-order valence-electron chi connectivity index (χ1n) is 12.1. The van der Waals surface area contributed by atoms with E-state index < -0.39 is 36.5 Å². The summed E-state index contributed by atoms with van der Waals surface area (Å²) in [5.74, 6) is -3.36. The molecule has 2 bridgehead atoms. The molecule has 2 amide bonds. The number of amides is 2. The van der Waals surface area contributed by atoms with Crippen LogP contribution < -0.4 is 15.4 Å². The van der Waals surface area contributed by atoms with Gasteiger partial charge in [-0.25, -0.2) is 9.59 Å². The van der Waals surface area contributed by atoms with Gasteiger partial charge in [0.15, 0.2) is 0 Å². The van der Waals surface area contributed by atoms with Crippen LogP contribution in [0, 0.1) is 5.92 Å². The summed E-state index contributed by atoms with van der Waals surface area (Å²) < 4.78 is 67.1. The van der Waals surface area contributed by atoms with Gasteiger partial charge in [-0.3, -0.25) is 9.78 Å². The van der Waals surface area contributed by atoms with Crippen molar-refractivity contribution >= 4 is 23.7 Å². The second-order valence-corrected chi connectivity index (χ2v) is 9.88. The number of carboxylic acids is 1. The smallest absolute Gasteiger partial charge is 0.475 e. The molecule has 0 spiro atoms. The fourth-order valence-electron chi connectivity index (χ4n) is 3.62. The molecule has 1 aromatic heterocycles. The molecule has 0 saturated heterocycles. The number of pyridine rings is 1. The third kappa shape index (κ3) is 10.3. The summed E-state index contributed by atoms with van der Waals surface area (Å²) in [6.45, 7) is 4.19. The second kappa shape index (κ2) is 13.4. The van der Waals surface area contributed by atoms with Gasteiger partial charge in [-0.1, -0.05) is 13.3 Å². The van der Waals surface area contributed by atoms with E-state index in [0.29, 0.717) is 41.8 Å². The lowest BCUT2D eigenvalue weighted by atomic mass is 9.95. The molecular formula is C26H30F5N3O6. The Morgan fingerprint density at radius 1 is 1.12 bits per heavy atom. The van der Waals surface area contributed by atoms with Crippen molar-refractivity contribution in [2.24, 2.45) is 5.92 Å². The van der Waals surface area contributed by atoms with Crippen molar-refractivity contribution in [3.63, 3.8) is 0 Å². The molecule has 0 radical (unpaired) electrons. The van der Waals surface area contributed by atoms with E-state index in [9.17, 15) is 31.5 Å². The van der Waals surface area contributed by atoms with E-state index in [4.69, 9.17) is 14.6 Å². The van der Waals surface area contributed by atoms with Crippen LogP contribution in [0.2, 0.25) is 0 Å². The van der Waals surface area contributed by atoms with Gasteiger partial charge < -0.3 is 25.2 Å². The number of halogens is 5. The number of fused-ring (bicyclic) bond motifs is 4. The molecule has 1 aromatic carbocycles. The number of alkyl halides is 5. The molecule has 3 N–H and O–H groups in total. The number of benzene rings is 1. The van der Waals surface area contributed by atoms with Crippen molar-refractivity contribution in [2.75, 3.05) is 5.32 Å². The van der Waals surface area contributed by atoms with E-state index in [1.165, 1.54) is 12.1 Å². The molecule has 2 aromatic rings. The topological polar surface area (TPSA) is 127 Å². The van der Waals surface area contributed by atoms with Crippen LogP contribution >= 0.6 is 0 Å². The Balaban J connectivity index is 0.000000708. The predicted octanol–water partition coefficient (Wildman–Crippen LogP) is 6.31. The van der Waals surface area contributed by atoms with Crippen molar-refractivity contribution in [3.8, 4) is 16.9 Å². The molecule has 2 heterocycles. The summed E-state index contributed by atoms with van der Waals surface area (Å²) >= 11 is 0. The molecule has 40 heavy (non-hydrogen) atoms. The zero-order valence-corrected chi connectivity index (χ0v) is 22.1. The summed E-state index contributed by atoms with van der Waals surface area (Å²) in [4.78, 5) is 38.5. The number of carbonyl (C=O) groups excluding carboxylic acids is 2. The molecule has 220 valence electrons. The Morgan fingerprint density at radius 3 is 2.35 bits per heavy atom. The van der Waals surface area contributed by atoms with Crippen molar-refractivity contribution in [1.29, 1.82) is 0 Å². The van der Waals surface area contributed by atoms with Crippen molar-refractivity contribution in [3.05, 3.63) is 42.2 Å². The van der Waals surface area contributed by atoms with Crippen LogP contribution in [-0.4, -0.2) is 46.4 Å². The van der Waals surface area contributed by atoms with Crippen LogP contribution in [0.4, 0.5) is 32.4 Å². The van der Waals surface area contributed by atoms with Crippen molar-refractivity contribution in [2.45, 2.75) is 71.4 Å². The number of nitrogens with one attached hydrogen (secondary N) is 2. The largest absolute Gasteiger partial charge is 0.490 e. The predicted molar refractivity (Wildman–Crippen MR) is 134 cm³/mol. The van der Waals surface area contributed by atoms with Gasteiger partial charge in [-0.05, 0) is 63.4 Å². The zero-order chi connectivity index (χ0) is 30.3. The molecular weight excluding hydrogens is 545 g/mol. The SMILES string of the molecule is C[C@@H]1CCC[C@H](NC(=O)OC(C)(C)C)c2cc(ccn2)-c2ccc(OC(F)F)cc2NC1=O.O=C(O)C(F)(F)F. The average Bonchev–Trinajstić information content (AvgIpc) is 2.81. The maximum atomic E-state index is 12.8. The van der Waals surface area contributed by atoms with Crippen LogP contribution in [0.5, 0.6) is 5.75 Å². The minimum absolute atomic E-state index is 0.0532. The van der Waals surface area contributed by atoms with Crippen LogP contribution in [0.25, 0.3) is 11.1 Å². The molecule has 14 heteroatoms. The summed E-state index contributed by atoms with van der Waals surface area (Å²) in [5.41, 5.74) is 1.69. The molecule has 1 aliphatic rings. The number of aliphatic carboxylic acids is 1. The van der Waals surface area contributed by atoms with Gasteiger partial charge in [0.1, 0.15) is 11.4 Å². The van der Waals surface area contributed by atoms with E-state index in [-0.39, 0.29) is 17.6 Å². The highest BCUT2D eigenvalue weighted by Crippen LogP contribution is 2.35. The highest BCUT2D eigenvalue weighted by Gasteiger charge is 2.38. The summed E-state index contributed by atoms with van der Waals surface area (Å²) in [7, 11) is 0. The number of alkyl carbamates (subject to hydrolysis) is 1. The Hall–Kier alpha value is -3.97. The number of anilines is 1. The van der Waals surface area contributed by atoms with Crippen LogP contribution in [-0.2, 0) is 14.3 Å². The van der Waals surface area contributed by atoms with E-state index in [1.54, 1.807) is 46.0 Å². The summed E-state index contributed by atoms with van der Waals surface area (Å²) in [5, 5.41) is 12.9. The number of ether oxygens (including phenoxy) is 2. The van der Waals surface area contributed by atoms with E-state index >= 15 is 0 Å². The van der Waals surface area contributed by atoms with E-state index in [0.717, 1.165) is 0 Å². The number of carboxylic acid groups (broad SMARTS) is 1. The van der Waals surface area contributed by atoms with Gasteiger partial charge in [-0.2, -0.15) is 22.0 Å². The molecule has 0 unspecified atom stereocenters. The van der Waals surface area contributed by atoms with Gasteiger partial charge in [0, 0.05) is 23.7 Å². The summed E-state index contributed by atoms with van der Waals surface area (Å²) in [6, 6.07) is 7.56. The lowest BCUT2D eigenvalue weighted by Crippen LogP contribution is -2.35. The Kier molecular flexibility index (Phi) is 10.8. The van der Waals surface area contributed by atoms with Crippen LogP contribution in [0.15, 0.2) is 36.5 Å². The third-order valence-electron chi connectivity index (χ3n) is 5.43. The van der Waals surface area contributed by atoms with Crippen LogP contribution in [0.1, 0.15) is 58.7 Å². The molecule has 1 aliphatic heterocycles. The minimum atomic E-state index is -5.08. The minimum Gasteiger partial charge on any atom is -0.475 e. The monoisotopic (exact) mass is 575 g/mol. The first-order chi connectivity index (χ1) is 18.5. The quantitative estimate of drug-likeness (QED) is 0.366. The molecule has 0 fully saturated rings. The lowest BCUT2D eigenvalue weighted by Gasteiger charge is -2.25. The van der Waals surface area contributed by atoms with Gasteiger partial charge in [0.25, 0.3) is 0 Å². The number of rotatable bonds is 3. The van der Waals surface area contributed by atoms with Gasteiger partial charge >= 0.3 is 24.9 Å².